The van der Waals surface area contributed by atoms with Crippen molar-refractivity contribution in [2.45, 2.75) is 18.9 Å². The normalized spacial score (nSPS) is 26.7. The molecule has 1 N–H and O–H groups in total. The zero-order valence-electron chi connectivity index (χ0n) is 6.11. The lowest BCUT2D eigenvalue weighted by atomic mass is 10.2. The van der Waals surface area contributed by atoms with Gasteiger partial charge in [-0.1, -0.05) is 0 Å². The third-order valence-electron chi connectivity index (χ3n) is 1.66. The molecule has 0 bridgehead atoms. The van der Waals surface area contributed by atoms with Crippen LogP contribution in [-0.4, -0.2) is 31.7 Å². The van der Waals surface area contributed by atoms with E-state index >= 15 is 0 Å². The molecule has 0 saturated carbocycles. The smallest absolute Gasteiger partial charge is 0.0700 e. The second-order valence-corrected chi connectivity index (χ2v) is 2.91. The number of halogens is 1. The molecule has 1 aliphatic heterocycles. The summed E-state index contributed by atoms with van der Waals surface area (Å²) in [6.45, 7) is 2.85. The van der Waals surface area contributed by atoms with E-state index in [1.807, 2.05) is 0 Å². The van der Waals surface area contributed by atoms with Gasteiger partial charge in [0.2, 0.25) is 0 Å². The Morgan fingerprint density at radius 3 is 3.10 bits per heavy atom. The van der Waals surface area contributed by atoms with Gasteiger partial charge in [0, 0.05) is 19.0 Å². The molecule has 0 aromatic rings. The number of alkyl halides is 1. The summed E-state index contributed by atoms with van der Waals surface area (Å²) in [5, 5.41) is 3.28. The molecule has 60 valence electrons. The molecule has 10 heavy (non-hydrogen) atoms. The summed E-state index contributed by atoms with van der Waals surface area (Å²) in [7, 11) is 0. The average molecular weight is 164 g/mol. The predicted octanol–water partition coefficient (Wildman–Crippen LogP) is 0.994. The van der Waals surface area contributed by atoms with Crippen molar-refractivity contribution in [1.29, 1.82) is 0 Å². The Labute approximate surface area is 66.9 Å². The molecule has 0 aliphatic carbocycles. The summed E-state index contributed by atoms with van der Waals surface area (Å²) in [5.41, 5.74) is 0. The van der Waals surface area contributed by atoms with Crippen LogP contribution in [-0.2, 0) is 4.74 Å². The standard InChI is InChI=1S/C7H14ClNO/c8-3-1-2-7-6-9-4-5-10-7/h7,9H,1-6H2. The van der Waals surface area contributed by atoms with Crippen LogP contribution in [0.1, 0.15) is 12.8 Å². The van der Waals surface area contributed by atoms with Crippen LogP contribution in [0.25, 0.3) is 0 Å². The van der Waals surface area contributed by atoms with Crippen molar-refractivity contribution in [1.82, 2.24) is 5.32 Å². The predicted molar refractivity (Wildman–Crippen MR) is 42.6 cm³/mol. The zero-order valence-corrected chi connectivity index (χ0v) is 6.86. The van der Waals surface area contributed by atoms with Crippen LogP contribution in [0.4, 0.5) is 0 Å². The van der Waals surface area contributed by atoms with Gasteiger partial charge >= 0.3 is 0 Å². The largest absolute Gasteiger partial charge is 0.376 e. The van der Waals surface area contributed by atoms with E-state index in [1.165, 1.54) is 0 Å². The Bertz CT molecular complexity index is 83.7. The fourth-order valence-corrected chi connectivity index (χ4v) is 1.26. The van der Waals surface area contributed by atoms with E-state index in [4.69, 9.17) is 16.3 Å². The van der Waals surface area contributed by atoms with E-state index in [2.05, 4.69) is 5.32 Å². The lowest BCUT2D eigenvalue weighted by Gasteiger charge is -2.22. The molecule has 0 aromatic carbocycles. The topological polar surface area (TPSA) is 21.3 Å². The van der Waals surface area contributed by atoms with Gasteiger partial charge in [-0.3, -0.25) is 0 Å². The van der Waals surface area contributed by atoms with Crippen LogP contribution < -0.4 is 5.32 Å². The van der Waals surface area contributed by atoms with E-state index in [1.54, 1.807) is 0 Å². The van der Waals surface area contributed by atoms with Gasteiger partial charge in [0.05, 0.1) is 12.7 Å². The summed E-state index contributed by atoms with van der Waals surface area (Å²) in [6.07, 6.45) is 2.57. The molecule has 1 aliphatic rings. The molecule has 1 unspecified atom stereocenters. The highest BCUT2D eigenvalue weighted by atomic mass is 35.5. The third-order valence-corrected chi connectivity index (χ3v) is 1.93. The minimum Gasteiger partial charge on any atom is -0.376 e. The van der Waals surface area contributed by atoms with E-state index in [-0.39, 0.29) is 0 Å². The van der Waals surface area contributed by atoms with Crippen LogP contribution in [0.2, 0.25) is 0 Å². The highest BCUT2D eigenvalue weighted by molar-refractivity contribution is 6.17. The second kappa shape index (κ2) is 4.94. The molecule has 1 atom stereocenters. The van der Waals surface area contributed by atoms with Gasteiger partial charge in [0.15, 0.2) is 0 Å². The van der Waals surface area contributed by atoms with Crippen LogP contribution in [0.15, 0.2) is 0 Å². The first-order valence-electron chi connectivity index (χ1n) is 3.82. The maximum absolute atomic E-state index is 5.54. The van der Waals surface area contributed by atoms with Crippen molar-refractivity contribution in [2.24, 2.45) is 0 Å². The number of morpholine rings is 1. The van der Waals surface area contributed by atoms with E-state index in [0.29, 0.717) is 6.10 Å². The second-order valence-electron chi connectivity index (χ2n) is 2.53. The molecule has 3 heteroatoms. The fourth-order valence-electron chi connectivity index (χ4n) is 1.11. The summed E-state index contributed by atoms with van der Waals surface area (Å²) in [6, 6.07) is 0. The van der Waals surface area contributed by atoms with Gasteiger partial charge in [-0.2, -0.15) is 0 Å². The molecule has 1 heterocycles. The molecule has 0 spiro atoms. The van der Waals surface area contributed by atoms with Gasteiger partial charge in [-0.25, -0.2) is 0 Å². The Morgan fingerprint density at radius 1 is 1.60 bits per heavy atom. The van der Waals surface area contributed by atoms with Crippen LogP contribution in [0.5, 0.6) is 0 Å². The lowest BCUT2D eigenvalue weighted by molar-refractivity contribution is 0.0233. The van der Waals surface area contributed by atoms with Crippen LogP contribution in [0.3, 0.4) is 0 Å². The lowest BCUT2D eigenvalue weighted by Crippen LogP contribution is -2.38. The number of nitrogens with one attached hydrogen (secondary N) is 1. The first-order chi connectivity index (χ1) is 4.93. The Kier molecular flexibility index (Phi) is 4.10. The highest BCUT2D eigenvalue weighted by Gasteiger charge is 2.11. The first-order valence-corrected chi connectivity index (χ1v) is 4.35. The Hall–Kier alpha value is 0.210. The van der Waals surface area contributed by atoms with E-state index < -0.39 is 0 Å². The number of hydrogen-bond acceptors (Lipinski definition) is 2. The average Bonchev–Trinajstić information content (AvgIpc) is 2.03. The first kappa shape index (κ1) is 8.31. The third kappa shape index (κ3) is 2.86. The quantitative estimate of drug-likeness (QED) is 0.627. The van der Waals surface area contributed by atoms with Gasteiger partial charge < -0.3 is 10.1 Å². The maximum Gasteiger partial charge on any atom is 0.0700 e. The van der Waals surface area contributed by atoms with Crippen LogP contribution >= 0.6 is 11.6 Å². The summed E-state index contributed by atoms with van der Waals surface area (Å²) in [4.78, 5) is 0. The van der Waals surface area contributed by atoms with Gasteiger partial charge in [0.25, 0.3) is 0 Å². The molecule has 0 radical (unpaired) electrons. The zero-order chi connectivity index (χ0) is 7.23. The Balaban J connectivity index is 2.02. The van der Waals surface area contributed by atoms with Crippen LogP contribution in [0, 0.1) is 0 Å². The molecular weight excluding hydrogens is 150 g/mol. The Morgan fingerprint density at radius 2 is 2.50 bits per heavy atom. The number of ether oxygens (including phenoxy) is 1. The minimum absolute atomic E-state index is 0.410. The SMILES string of the molecule is ClCCCC1CNCCO1. The van der Waals surface area contributed by atoms with Crippen molar-refractivity contribution >= 4 is 11.6 Å². The number of hydrogen-bond donors (Lipinski definition) is 1. The van der Waals surface area contributed by atoms with Crippen molar-refractivity contribution in [3.63, 3.8) is 0 Å². The van der Waals surface area contributed by atoms with Crippen molar-refractivity contribution in [3.8, 4) is 0 Å². The van der Waals surface area contributed by atoms with Gasteiger partial charge in [0.1, 0.15) is 0 Å². The summed E-state index contributed by atoms with van der Waals surface area (Å²) >= 11 is 5.54. The molecule has 1 rings (SSSR count). The minimum atomic E-state index is 0.410. The van der Waals surface area contributed by atoms with Gasteiger partial charge in [-0.15, -0.1) is 11.6 Å². The molecule has 1 fully saturated rings. The highest BCUT2D eigenvalue weighted by Crippen LogP contribution is 2.04. The summed E-state index contributed by atoms with van der Waals surface area (Å²) in [5.74, 6) is 0.750. The van der Waals surface area contributed by atoms with Gasteiger partial charge in [-0.05, 0) is 12.8 Å². The maximum atomic E-state index is 5.54. The molecule has 1 saturated heterocycles. The van der Waals surface area contributed by atoms with E-state index in [0.717, 1.165) is 38.4 Å². The molecule has 2 nitrogen and oxygen atoms in total. The van der Waals surface area contributed by atoms with E-state index in [9.17, 15) is 0 Å². The van der Waals surface area contributed by atoms with Crippen molar-refractivity contribution < 1.29 is 4.74 Å². The monoisotopic (exact) mass is 163 g/mol. The fraction of sp³-hybridized carbons (Fsp3) is 1.00. The molecule has 0 aromatic heterocycles. The number of rotatable bonds is 3. The molecular formula is C7H14ClNO. The van der Waals surface area contributed by atoms with Crippen molar-refractivity contribution in [3.05, 3.63) is 0 Å². The molecule has 0 amide bonds. The summed E-state index contributed by atoms with van der Waals surface area (Å²) < 4.78 is 5.46. The van der Waals surface area contributed by atoms with Crippen molar-refractivity contribution in [2.75, 3.05) is 25.6 Å².